The van der Waals surface area contributed by atoms with Crippen LogP contribution in [0.2, 0.25) is 0 Å². The fraction of sp³-hybridized carbons (Fsp3) is 0.333. The van der Waals surface area contributed by atoms with Gasteiger partial charge in [-0.3, -0.25) is 19.3 Å². The maximum absolute atomic E-state index is 13.0. The molecule has 0 unspecified atom stereocenters. The number of fused-ring (bicyclic) bond motifs is 5. The first-order valence-corrected chi connectivity index (χ1v) is 10.3. The number of Topliss-reactive ketones (excluding diaryl/α,β-unsaturated/α-hetero) is 1. The minimum absolute atomic E-state index is 0.151. The number of hydrogen-bond donors (Lipinski definition) is 0. The van der Waals surface area contributed by atoms with Crippen LogP contribution in [0.4, 0.5) is 5.69 Å². The number of carbonyl (C=O) groups is 4. The molecule has 6 heteroatoms. The van der Waals surface area contributed by atoms with Gasteiger partial charge < -0.3 is 4.74 Å². The van der Waals surface area contributed by atoms with E-state index in [2.05, 4.69) is 0 Å². The third kappa shape index (κ3) is 2.95. The number of imide groups is 1. The second kappa shape index (κ2) is 7.20. The summed E-state index contributed by atoms with van der Waals surface area (Å²) in [6, 6.07) is 14.9. The summed E-state index contributed by atoms with van der Waals surface area (Å²) in [6.45, 7) is -0.373. The molecule has 3 fully saturated rings. The smallest absolute Gasteiger partial charge is 0.338 e. The van der Waals surface area contributed by atoms with Crippen molar-refractivity contribution in [2.24, 2.45) is 23.7 Å². The predicted octanol–water partition coefficient (Wildman–Crippen LogP) is 3.26. The van der Waals surface area contributed by atoms with Crippen LogP contribution in [-0.2, 0) is 14.3 Å². The zero-order valence-corrected chi connectivity index (χ0v) is 16.3. The first kappa shape index (κ1) is 18.7. The first-order valence-electron chi connectivity index (χ1n) is 10.3. The quantitative estimate of drug-likeness (QED) is 0.435. The molecule has 0 spiro atoms. The molecule has 0 aromatic heterocycles. The van der Waals surface area contributed by atoms with Crippen molar-refractivity contribution >= 4 is 29.3 Å². The third-order valence-corrected chi connectivity index (χ3v) is 6.70. The van der Waals surface area contributed by atoms with Crippen LogP contribution in [0.25, 0.3) is 0 Å². The summed E-state index contributed by atoms with van der Waals surface area (Å²) in [4.78, 5) is 51.8. The van der Waals surface area contributed by atoms with E-state index in [1.165, 1.54) is 11.0 Å². The van der Waals surface area contributed by atoms with Crippen molar-refractivity contribution in [2.75, 3.05) is 11.5 Å². The van der Waals surface area contributed by atoms with Crippen molar-refractivity contribution in [2.45, 2.75) is 19.3 Å². The lowest BCUT2D eigenvalue weighted by atomic mass is 9.81. The topological polar surface area (TPSA) is 80.8 Å². The Bertz CT molecular complexity index is 1020. The number of amides is 2. The van der Waals surface area contributed by atoms with Gasteiger partial charge in [-0.1, -0.05) is 36.4 Å². The molecule has 2 bridgehead atoms. The molecular weight excluding hydrogens is 382 g/mol. The highest BCUT2D eigenvalue weighted by Crippen LogP contribution is 2.56. The molecule has 2 aromatic rings. The zero-order chi connectivity index (χ0) is 20.8. The van der Waals surface area contributed by atoms with E-state index in [9.17, 15) is 19.2 Å². The highest BCUT2D eigenvalue weighted by molar-refractivity contribution is 6.22. The summed E-state index contributed by atoms with van der Waals surface area (Å²) >= 11 is 0. The highest BCUT2D eigenvalue weighted by Gasteiger charge is 2.61. The van der Waals surface area contributed by atoms with Gasteiger partial charge in [0, 0.05) is 5.56 Å². The van der Waals surface area contributed by atoms with Crippen molar-refractivity contribution in [1.82, 2.24) is 0 Å². The van der Waals surface area contributed by atoms with E-state index in [4.69, 9.17) is 4.74 Å². The van der Waals surface area contributed by atoms with E-state index < -0.39 is 5.97 Å². The van der Waals surface area contributed by atoms with E-state index in [0.717, 1.165) is 19.3 Å². The second-order valence-corrected chi connectivity index (χ2v) is 8.31. The maximum Gasteiger partial charge on any atom is 0.338 e. The molecule has 1 aliphatic heterocycles. The average molecular weight is 403 g/mol. The van der Waals surface area contributed by atoms with Crippen LogP contribution >= 0.6 is 0 Å². The molecule has 2 aromatic carbocycles. The van der Waals surface area contributed by atoms with Crippen LogP contribution in [0.1, 0.15) is 40.0 Å². The molecule has 0 N–H and O–H groups in total. The van der Waals surface area contributed by atoms with Crippen LogP contribution in [0, 0.1) is 23.7 Å². The largest absolute Gasteiger partial charge is 0.454 e. The van der Waals surface area contributed by atoms with Gasteiger partial charge in [-0.25, -0.2) is 4.79 Å². The zero-order valence-electron chi connectivity index (χ0n) is 16.3. The van der Waals surface area contributed by atoms with Gasteiger partial charge in [0.2, 0.25) is 11.8 Å². The molecule has 3 aliphatic rings. The monoisotopic (exact) mass is 403 g/mol. The lowest BCUT2D eigenvalue weighted by Crippen LogP contribution is -2.32. The van der Waals surface area contributed by atoms with Crippen molar-refractivity contribution < 1.29 is 23.9 Å². The molecule has 2 saturated carbocycles. The van der Waals surface area contributed by atoms with E-state index in [1.54, 1.807) is 48.5 Å². The van der Waals surface area contributed by atoms with Gasteiger partial charge in [0.25, 0.3) is 0 Å². The van der Waals surface area contributed by atoms with Gasteiger partial charge >= 0.3 is 5.97 Å². The number of carbonyl (C=O) groups excluding carboxylic acids is 4. The standard InChI is InChI=1S/C24H21NO5/c26-19(14-5-2-1-3-6-14)13-30-24(29)17-7-4-8-18(12-17)25-22(27)20-15-9-10-16(11-15)21(20)23(25)28/h1-8,12,15-16,20-21H,9-11,13H2/t15-,16+,20-,21+. The van der Waals surface area contributed by atoms with Gasteiger partial charge in [-0.2, -0.15) is 0 Å². The summed E-state index contributed by atoms with van der Waals surface area (Å²) in [5, 5.41) is 0. The van der Waals surface area contributed by atoms with Crippen molar-refractivity contribution in [3.8, 4) is 0 Å². The predicted molar refractivity (Wildman–Crippen MR) is 108 cm³/mol. The Morgan fingerprint density at radius 2 is 1.50 bits per heavy atom. The molecule has 30 heavy (non-hydrogen) atoms. The van der Waals surface area contributed by atoms with Crippen LogP contribution in [0.5, 0.6) is 0 Å². The molecule has 2 amide bonds. The average Bonchev–Trinajstić information content (AvgIpc) is 3.46. The van der Waals surface area contributed by atoms with Crippen LogP contribution < -0.4 is 4.90 Å². The lowest BCUT2D eigenvalue weighted by Gasteiger charge is -2.19. The van der Waals surface area contributed by atoms with E-state index in [1.807, 2.05) is 0 Å². The molecule has 152 valence electrons. The van der Waals surface area contributed by atoms with Crippen molar-refractivity contribution in [3.05, 3.63) is 65.7 Å². The Balaban J connectivity index is 1.31. The Morgan fingerprint density at radius 1 is 0.867 bits per heavy atom. The molecular formula is C24H21NO5. The van der Waals surface area contributed by atoms with Crippen molar-refractivity contribution in [1.29, 1.82) is 0 Å². The minimum atomic E-state index is -0.666. The molecule has 5 rings (SSSR count). The normalized spacial score (nSPS) is 26.7. The minimum Gasteiger partial charge on any atom is -0.454 e. The third-order valence-electron chi connectivity index (χ3n) is 6.70. The van der Waals surface area contributed by atoms with Gasteiger partial charge in [-0.05, 0) is 49.3 Å². The Labute approximate surface area is 173 Å². The van der Waals surface area contributed by atoms with Gasteiger partial charge in [0.1, 0.15) is 0 Å². The van der Waals surface area contributed by atoms with Gasteiger partial charge in [-0.15, -0.1) is 0 Å². The van der Waals surface area contributed by atoms with E-state index in [0.29, 0.717) is 23.1 Å². The molecule has 0 radical (unpaired) electrons. The Kier molecular flexibility index (Phi) is 4.50. The molecule has 4 atom stereocenters. The van der Waals surface area contributed by atoms with Gasteiger partial charge in [0.05, 0.1) is 23.1 Å². The second-order valence-electron chi connectivity index (χ2n) is 8.31. The summed E-state index contributed by atoms with van der Waals surface area (Å²) in [5.41, 5.74) is 1.06. The lowest BCUT2D eigenvalue weighted by molar-refractivity contribution is -0.123. The molecule has 1 heterocycles. The van der Waals surface area contributed by atoms with E-state index >= 15 is 0 Å². The Hall–Kier alpha value is -3.28. The number of hydrogen-bond acceptors (Lipinski definition) is 5. The van der Waals surface area contributed by atoms with Gasteiger partial charge in [0.15, 0.2) is 12.4 Å². The Morgan fingerprint density at radius 3 is 2.17 bits per heavy atom. The molecule has 2 aliphatic carbocycles. The number of benzene rings is 2. The van der Waals surface area contributed by atoms with Crippen LogP contribution in [0.3, 0.4) is 0 Å². The number of esters is 1. The summed E-state index contributed by atoms with van der Waals surface area (Å²) < 4.78 is 5.16. The SMILES string of the molecule is O=C(COC(=O)c1cccc(N2C(=O)[C@@H]3[C@@H]4CC[C@@H](C4)[C@@H]3C2=O)c1)c1ccccc1. The summed E-state index contributed by atoms with van der Waals surface area (Å²) in [7, 11) is 0. The van der Waals surface area contributed by atoms with E-state index in [-0.39, 0.29) is 41.6 Å². The number of anilines is 1. The fourth-order valence-electron chi connectivity index (χ4n) is 5.36. The molecule has 1 saturated heterocycles. The number of ketones is 1. The van der Waals surface area contributed by atoms with Crippen molar-refractivity contribution in [3.63, 3.8) is 0 Å². The fourth-order valence-corrected chi connectivity index (χ4v) is 5.36. The first-order chi connectivity index (χ1) is 14.5. The summed E-state index contributed by atoms with van der Waals surface area (Å²) in [6.07, 6.45) is 3.00. The van der Waals surface area contributed by atoms with Crippen LogP contribution in [0.15, 0.2) is 54.6 Å². The summed E-state index contributed by atoms with van der Waals surface area (Å²) in [5.74, 6) is -1.08. The van der Waals surface area contributed by atoms with Crippen LogP contribution in [-0.4, -0.2) is 30.2 Å². The number of nitrogens with zero attached hydrogens (tertiary/aromatic N) is 1. The maximum atomic E-state index is 13.0. The number of ether oxygens (including phenoxy) is 1. The highest BCUT2D eigenvalue weighted by atomic mass is 16.5. The number of rotatable bonds is 5. The molecule has 6 nitrogen and oxygen atoms in total.